The fraction of sp³-hybridized carbons (Fsp3) is 0.350. The number of rotatable bonds is 1. The van der Waals surface area contributed by atoms with Crippen LogP contribution in [0.5, 0.6) is 5.88 Å². The summed E-state index contributed by atoms with van der Waals surface area (Å²) in [5, 5.41) is 0. The summed E-state index contributed by atoms with van der Waals surface area (Å²) in [7, 11) is 0. The molecule has 1 aromatic carbocycles. The lowest BCUT2D eigenvalue weighted by molar-refractivity contribution is 0.0967. The van der Waals surface area contributed by atoms with E-state index in [1.165, 1.54) is 0 Å². The van der Waals surface area contributed by atoms with Gasteiger partial charge in [0, 0.05) is 23.7 Å². The number of nitrogens with zero attached hydrogens (tertiary/aromatic N) is 2. The van der Waals surface area contributed by atoms with Crippen molar-refractivity contribution in [3.05, 3.63) is 52.7 Å². The van der Waals surface area contributed by atoms with Crippen molar-refractivity contribution in [2.45, 2.75) is 32.6 Å². The highest BCUT2D eigenvalue weighted by Gasteiger charge is 2.27. The van der Waals surface area contributed by atoms with Gasteiger partial charge in [0.2, 0.25) is 5.88 Å². The maximum absolute atomic E-state index is 13.1. The molecule has 0 saturated heterocycles. The first-order valence-electron chi connectivity index (χ1n) is 8.71. The lowest BCUT2D eigenvalue weighted by Gasteiger charge is -2.29. The Morgan fingerprint density at radius 3 is 2.92 bits per heavy atom. The molecule has 2 aromatic rings. The molecule has 1 aliphatic carbocycles. The van der Waals surface area contributed by atoms with Crippen molar-refractivity contribution >= 4 is 17.4 Å². The zero-order chi connectivity index (χ0) is 17.4. The molecule has 0 radical (unpaired) electrons. The normalized spacial score (nSPS) is 16.5. The van der Waals surface area contributed by atoms with Crippen LogP contribution in [0.15, 0.2) is 30.5 Å². The number of anilines is 1. The van der Waals surface area contributed by atoms with Gasteiger partial charge in [-0.1, -0.05) is 6.07 Å². The van der Waals surface area contributed by atoms with E-state index < -0.39 is 0 Å². The third-order valence-electron chi connectivity index (χ3n) is 4.81. The van der Waals surface area contributed by atoms with E-state index in [0.717, 1.165) is 36.0 Å². The zero-order valence-corrected chi connectivity index (χ0v) is 14.2. The monoisotopic (exact) mass is 336 g/mol. The minimum Gasteiger partial charge on any atom is -0.474 e. The van der Waals surface area contributed by atoms with Crippen LogP contribution in [0, 0.1) is 6.92 Å². The van der Waals surface area contributed by atoms with Crippen LogP contribution in [0.2, 0.25) is 0 Å². The fourth-order valence-corrected chi connectivity index (χ4v) is 3.51. The number of ketones is 1. The highest BCUT2D eigenvalue weighted by Crippen LogP contribution is 2.31. The Labute approximate surface area is 146 Å². The van der Waals surface area contributed by atoms with E-state index in [2.05, 4.69) is 4.98 Å². The van der Waals surface area contributed by atoms with Gasteiger partial charge in [0.25, 0.3) is 5.91 Å². The Morgan fingerprint density at radius 2 is 2.04 bits per heavy atom. The molecule has 128 valence electrons. The van der Waals surface area contributed by atoms with Gasteiger partial charge in [0.05, 0.1) is 6.54 Å². The first-order chi connectivity index (χ1) is 12.1. The number of carbonyl (C=O) groups is 2. The van der Waals surface area contributed by atoms with E-state index in [0.29, 0.717) is 36.7 Å². The highest BCUT2D eigenvalue weighted by molar-refractivity contribution is 6.08. The van der Waals surface area contributed by atoms with Gasteiger partial charge >= 0.3 is 0 Å². The van der Waals surface area contributed by atoms with Crippen LogP contribution in [0.25, 0.3) is 0 Å². The van der Waals surface area contributed by atoms with Gasteiger partial charge in [0.1, 0.15) is 12.3 Å². The van der Waals surface area contributed by atoms with E-state index >= 15 is 0 Å². The third-order valence-corrected chi connectivity index (χ3v) is 4.81. The van der Waals surface area contributed by atoms with Gasteiger partial charge in [0.15, 0.2) is 5.78 Å². The molecule has 25 heavy (non-hydrogen) atoms. The smallest absolute Gasteiger partial charge is 0.258 e. The minimum atomic E-state index is -0.0727. The van der Waals surface area contributed by atoms with E-state index in [9.17, 15) is 9.59 Å². The first-order valence-corrected chi connectivity index (χ1v) is 8.71. The number of aromatic nitrogens is 1. The first kappa shape index (κ1) is 15.8. The second kappa shape index (κ2) is 6.31. The number of Topliss-reactive ketones (excluding diaryl/α,β-unsaturated/α-hetero) is 1. The Kier molecular flexibility index (Phi) is 3.99. The standard InChI is InChI=1S/C20H20N2O3/c1-13-10-17-19(21-12-13)25-9-8-22(17)20(24)15-6-7-16-14(11-15)4-2-3-5-18(16)23/h6-7,10-12H,2-5,8-9H2,1H3. The number of hydrogen-bond donors (Lipinski definition) is 0. The molecule has 1 amide bonds. The van der Waals surface area contributed by atoms with Crippen LogP contribution < -0.4 is 9.64 Å². The van der Waals surface area contributed by atoms with Crippen LogP contribution in [-0.4, -0.2) is 29.8 Å². The van der Waals surface area contributed by atoms with Gasteiger partial charge in [-0.05, 0) is 55.5 Å². The molecular weight excluding hydrogens is 316 g/mol. The average molecular weight is 336 g/mol. The minimum absolute atomic E-state index is 0.0727. The van der Waals surface area contributed by atoms with Gasteiger partial charge in [-0.3, -0.25) is 9.59 Å². The van der Waals surface area contributed by atoms with Crippen molar-refractivity contribution in [3.8, 4) is 5.88 Å². The molecule has 2 aliphatic rings. The number of benzene rings is 1. The van der Waals surface area contributed by atoms with Gasteiger partial charge < -0.3 is 9.64 Å². The van der Waals surface area contributed by atoms with Crippen molar-refractivity contribution in [2.24, 2.45) is 0 Å². The summed E-state index contributed by atoms with van der Waals surface area (Å²) < 4.78 is 5.57. The van der Waals surface area contributed by atoms with Crippen LogP contribution in [0.3, 0.4) is 0 Å². The van der Waals surface area contributed by atoms with Crippen LogP contribution >= 0.6 is 0 Å². The number of amides is 1. The fourth-order valence-electron chi connectivity index (χ4n) is 3.51. The summed E-state index contributed by atoms with van der Waals surface area (Å²) in [5.74, 6) is 0.606. The molecule has 0 N–H and O–H groups in total. The predicted molar refractivity (Wildman–Crippen MR) is 94.5 cm³/mol. The van der Waals surface area contributed by atoms with Crippen molar-refractivity contribution in [3.63, 3.8) is 0 Å². The lowest BCUT2D eigenvalue weighted by atomic mass is 9.98. The van der Waals surface area contributed by atoms with Crippen molar-refractivity contribution in [1.29, 1.82) is 0 Å². The van der Waals surface area contributed by atoms with Gasteiger partial charge in [-0.15, -0.1) is 0 Å². The molecule has 0 saturated carbocycles. The zero-order valence-electron chi connectivity index (χ0n) is 14.2. The van der Waals surface area contributed by atoms with Gasteiger partial charge in [-0.25, -0.2) is 4.98 Å². The molecular formula is C20H20N2O3. The highest BCUT2D eigenvalue weighted by atomic mass is 16.5. The lowest BCUT2D eigenvalue weighted by Crippen LogP contribution is -2.38. The summed E-state index contributed by atoms with van der Waals surface area (Å²) in [4.78, 5) is 31.3. The predicted octanol–water partition coefficient (Wildman–Crippen LogP) is 3.34. The molecule has 5 heteroatoms. The number of carbonyl (C=O) groups excluding carboxylic acids is 2. The molecule has 4 rings (SSSR count). The third kappa shape index (κ3) is 2.90. The van der Waals surface area contributed by atoms with Crippen LogP contribution in [0.4, 0.5) is 5.69 Å². The number of fused-ring (bicyclic) bond motifs is 2. The number of ether oxygens (including phenoxy) is 1. The maximum atomic E-state index is 13.1. The summed E-state index contributed by atoms with van der Waals surface area (Å²) in [6.45, 7) is 2.86. The van der Waals surface area contributed by atoms with Crippen LogP contribution in [-0.2, 0) is 6.42 Å². The average Bonchev–Trinajstić information content (AvgIpc) is 2.81. The Hall–Kier alpha value is -2.69. The molecule has 0 atom stereocenters. The van der Waals surface area contributed by atoms with E-state index in [4.69, 9.17) is 4.74 Å². The van der Waals surface area contributed by atoms with Crippen molar-refractivity contribution in [1.82, 2.24) is 4.98 Å². The number of pyridine rings is 1. The molecule has 0 unspecified atom stereocenters. The summed E-state index contributed by atoms with van der Waals surface area (Å²) in [5.41, 5.74) is 4.07. The molecule has 1 aliphatic heterocycles. The molecule has 2 heterocycles. The van der Waals surface area contributed by atoms with Crippen molar-refractivity contribution in [2.75, 3.05) is 18.1 Å². The topological polar surface area (TPSA) is 59.5 Å². The quantitative estimate of drug-likeness (QED) is 0.750. The van der Waals surface area contributed by atoms with Gasteiger partial charge in [-0.2, -0.15) is 0 Å². The second-order valence-corrected chi connectivity index (χ2v) is 6.64. The number of hydrogen-bond acceptors (Lipinski definition) is 4. The van der Waals surface area contributed by atoms with Crippen LogP contribution in [0.1, 0.15) is 51.1 Å². The molecule has 5 nitrogen and oxygen atoms in total. The SMILES string of the molecule is Cc1cnc2c(c1)N(C(=O)c1ccc3c(c1)CCCCC3=O)CCO2. The molecule has 0 fully saturated rings. The summed E-state index contributed by atoms with van der Waals surface area (Å²) in [6, 6.07) is 7.39. The van der Waals surface area contributed by atoms with E-state index in [1.54, 1.807) is 17.2 Å². The van der Waals surface area contributed by atoms with E-state index in [-0.39, 0.29) is 11.7 Å². The second-order valence-electron chi connectivity index (χ2n) is 6.64. The summed E-state index contributed by atoms with van der Waals surface area (Å²) >= 11 is 0. The molecule has 0 bridgehead atoms. The number of aryl methyl sites for hydroxylation is 2. The molecule has 0 spiro atoms. The Bertz CT molecular complexity index is 860. The maximum Gasteiger partial charge on any atom is 0.258 e. The Morgan fingerprint density at radius 1 is 1.20 bits per heavy atom. The largest absolute Gasteiger partial charge is 0.474 e. The van der Waals surface area contributed by atoms with Crippen molar-refractivity contribution < 1.29 is 14.3 Å². The summed E-state index contributed by atoms with van der Waals surface area (Å²) in [6.07, 6.45) is 5.09. The Balaban J connectivity index is 1.70. The van der Waals surface area contributed by atoms with E-state index in [1.807, 2.05) is 25.1 Å². The molecule has 1 aromatic heterocycles.